The summed E-state index contributed by atoms with van der Waals surface area (Å²) in [6.07, 6.45) is 0. The molecule has 2 rings (SSSR count). The Bertz CT molecular complexity index is 521. The summed E-state index contributed by atoms with van der Waals surface area (Å²) in [5.41, 5.74) is 8.80. The Morgan fingerprint density at radius 2 is 1.83 bits per heavy atom. The second kappa shape index (κ2) is 5.56. The maximum Gasteiger partial charge on any atom is 0.127 e. The second-order valence-corrected chi connectivity index (χ2v) is 4.22. The lowest BCUT2D eigenvalue weighted by molar-refractivity contribution is 0.300. The van der Waals surface area contributed by atoms with Gasteiger partial charge in [0.15, 0.2) is 0 Å². The van der Waals surface area contributed by atoms with Crippen molar-refractivity contribution in [2.24, 2.45) is 5.73 Å². The molecule has 0 radical (unpaired) electrons. The summed E-state index contributed by atoms with van der Waals surface area (Å²) in [7, 11) is 0. The van der Waals surface area contributed by atoms with Crippen molar-refractivity contribution in [2.45, 2.75) is 20.1 Å². The number of nitrogens with two attached hydrogens (primary N) is 1. The molecule has 0 amide bonds. The van der Waals surface area contributed by atoms with Crippen molar-refractivity contribution in [3.63, 3.8) is 0 Å². The van der Waals surface area contributed by atoms with E-state index in [0.717, 1.165) is 22.4 Å². The van der Waals surface area contributed by atoms with Gasteiger partial charge in [-0.15, -0.1) is 0 Å². The number of phenols is 1. The Balaban J connectivity index is 2.12. The van der Waals surface area contributed by atoms with Crippen molar-refractivity contribution in [3.8, 4) is 11.5 Å². The minimum Gasteiger partial charge on any atom is -0.508 e. The highest BCUT2D eigenvalue weighted by atomic mass is 16.5. The third-order valence-corrected chi connectivity index (χ3v) is 2.83. The molecular weight excluding hydrogens is 226 g/mol. The number of benzene rings is 2. The van der Waals surface area contributed by atoms with Crippen LogP contribution in [0.25, 0.3) is 0 Å². The van der Waals surface area contributed by atoms with Gasteiger partial charge in [-0.3, -0.25) is 0 Å². The fourth-order valence-electron chi connectivity index (χ4n) is 1.83. The van der Waals surface area contributed by atoms with Crippen LogP contribution in [0.3, 0.4) is 0 Å². The first-order chi connectivity index (χ1) is 8.70. The number of aromatic hydroxyl groups is 1. The third kappa shape index (κ3) is 2.81. The van der Waals surface area contributed by atoms with Crippen molar-refractivity contribution >= 4 is 0 Å². The van der Waals surface area contributed by atoms with Crippen LogP contribution in [0.2, 0.25) is 0 Å². The lowest BCUT2D eigenvalue weighted by atomic mass is 10.1. The van der Waals surface area contributed by atoms with Gasteiger partial charge < -0.3 is 15.6 Å². The van der Waals surface area contributed by atoms with Crippen LogP contribution in [0, 0.1) is 6.92 Å². The summed E-state index contributed by atoms with van der Waals surface area (Å²) < 4.78 is 5.82. The molecule has 94 valence electrons. The van der Waals surface area contributed by atoms with Gasteiger partial charge in [-0.05, 0) is 30.2 Å². The Hall–Kier alpha value is -2.00. The van der Waals surface area contributed by atoms with Gasteiger partial charge in [-0.2, -0.15) is 0 Å². The Morgan fingerprint density at radius 3 is 2.50 bits per heavy atom. The number of phenolic OH excluding ortho intramolecular Hbond substituents is 1. The normalized spacial score (nSPS) is 10.3. The van der Waals surface area contributed by atoms with Crippen LogP contribution >= 0.6 is 0 Å². The molecule has 2 aromatic rings. The third-order valence-electron chi connectivity index (χ3n) is 2.83. The van der Waals surface area contributed by atoms with Crippen molar-refractivity contribution in [1.29, 1.82) is 0 Å². The van der Waals surface area contributed by atoms with E-state index in [4.69, 9.17) is 10.5 Å². The summed E-state index contributed by atoms with van der Waals surface area (Å²) in [4.78, 5) is 0. The zero-order chi connectivity index (χ0) is 13.0. The molecule has 3 N–H and O–H groups in total. The van der Waals surface area contributed by atoms with Crippen LogP contribution in [-0.2, 0) is 13.2 Å². The highest BCUT2D eigenvalue weighted by Crippen LogP contribution is 2.24. The van der Waals surface area contributed by atoms with E-state index in [0.29, 0.717) is 13.2 Å². The van der Waals surface area contributed by atoms with Crippen molar-refractivity contribution in [3.05, 3.63) is 59.2 Å². The molecule has 0 saturated carbocycles. The SMILES string of the molecule is Cc1cccc(CN)c1OCc1ccc(O)cc1. The summed E-state index contributed by atoms with van der Waals surface area (Å²) in [6, 6.07) is 12.9. The van der Waals surface area contributed by atoms with Gasteiger partial charge in [0.25, 0.3) is 0 Å². The Labute approximate surface area is 107 Å². The first-order valence-corrected chi connectivity index (χ1v) is 5.90. The largest absolute Gasteiger partial charge is 0.508 e. The van der Waals surface area contributed by atoms with Crippen LogP contribution in [0.1, 0.15) is 16.7 Å². The number of hydrogen-bond acceptors (Lipinski definition) is 3. The fraction of sp³-hybridized carbons (Fsp3) is 0.200. The van der Waals surface area contributed by atoms with Gasteiger partial charge >= 0.3 is 0 Å². The number of aryl methyl sites for hydroxylation is 1. The predicted octanol–water partition coefficient (Wildman–Crippen LogP) is 2.74. The van der Waals surface area contributed by atoms with E-state index < -0.39 is 0 Å². The molecule has 0 fully saturated rings. The average Bonchev–Trinajstić information content (AvgIpc) is 2.39. The van der Waals surface area contributed by atoms with E-state index in [-0.39, 0.29) is 5.75 Å². The van der Waals surface area contributed by atoms with Crippen LogP contribution in [0.15, 0.2) is 42.5 Å². The monoisotopic (exact) mass is 243 g/mol. The summed E-state index contributed by atoms with van der Waals surface area (Å²) in [5.74, 6) is 1.12. The van der Waals surface area contributed by atoms with Gasteiger partial charge in [-0.1, -0.05) is 30.3 Å². The molecule has 0 spiro atoms. The Kier molecular flexibility index (Phi) is 3.85. The van der Waals surface area contributed by atoms with Gasteiger partial charge in [0.2, 0.25) is 0 Å². The molecule has 3 heteroatoms. The maximum atomic E-state index is 9.21. The van der Waals surface area contributed by atoms with E-state index in [2.05, 4.69) is 0 Å². The molecule has 0 bridgehead atoms. The van der Waals surface area contributed by atoms with Crippen molar-refractivity contribution in [2.75, 3.05) is 0 Å². The van der Waals surface area contributed by atoms with E-state index in [9.17, 15) is 5.11 Å². The Morgan fingerprint density at radius 1 is 1.11 bits per heavy atom. The quantitative estimate of drug-likeness (QED) is 0.868. The molecule has 2 aromatic carbocycles. The van der Waals surface area contributed by atoms with Gasteiger partial charge in [0.05, 0.1) is 0 Å². The lowest BCUT2D eigenvalue weighted by Gasteiger charge is -2.13. The average molecular weight is 243 g/mol. The predicted molar refractivity (Wildman–Crippen MR) is 71.5 cm³/mol. The van der Waals surface area contributed by atoms with E-state index in [1.165, 1.54) is 0 Å². The van der Waals surface area contributed by atoms with Crippen LogP contribution in [0.4, 0.5) is 0 Å². The minimum absolute atomic E-state index is 0.261. The number of rotatable bonds is 4. The van der Waals surface area contributed by atoms with E-state index >= 15 is 0 Å². The zero-order valence-electron chi connectivity index (χ0n) is 10.4. The first kappa shape index (κ1) is 12.5. The molecule has 0 aliphatic rings. The topological polar surface area (TPSA) is 55.5 Å². The molecule has 0 atom stereocenters. The zero-order valence-corrected chi connectivity index (χ0v) is 10.4. The molecule has 0 aliphatic heterocycles. The van der Waals surface area contributed by atoms with Gasteiger partial charge in [0.1, 0.15) is 18.1 Å². The highest BCUT2D eigenvalue weighted by molar-refractivity contribution is 5.40. The van der Waals surface area contributed by atoms with Crippen LogP contribution < -0.4 is 10.5 Å². The molecule has 0 unspecified atom stereocenters. The number of hydrogen-bond donors (Lipinski definition) is 2. The standard InChI is InChI=1S/C15H17NO2/c1-11-3-2-4-13(9-16)15(11)18-10-12-5-7-14(17)8-6-12/h2-8,17H,9-10,16H2,1H3. The minimum atomic E-state index is 0.261. The smallest absolute Gasteiger partial charge is 0.127 e. The number of para-hydroxylation sites is 1. The summed E-state index contributed by atoms with van der Waals surface area (Å²) in [6.45, 7) is 2.94. The van der Waals surface area contributed by atoms with E-state index in [1.807, 2.05) is 37.3 Å². The van der Waals surface area contributed by atoms with Crippen LogP contribution in [0.5, 0.6) is 11.5 Å². The summed E-state index contributed by atoms with van der Waals surface area (Å²) in [5, 5.41) is 9.21. The molecule has 0 aliphatic carbocycles. The van der Waals surface area contributed by atoms with Gasteiger partial charge in [-0.25, -0.2) is 0 Å². The molecule has 0 heterocycles. The van der Waals surface area contributed by atoms with Crippen molar-refractivity contribution in [1.82, 2.24) is 0 Å². The van der Waals surface area contributed by atoms with Crippen LogP contribution in [-0.4, -0.2) is 5.11 Å². The molecule has 18 heavy (non-hydrogen) atoms. The fourth-order valence-corrected chi connectivity index (χ4v) is 1.83. The maximum absolute atomic E-state index is 9.21. The molecule has 0 aromatic heterocycles. The van der Waals surface area contributed by atoms with E-state index in [1.54, 1.807) is 12.1 Å². The number of ether oxygens (including phenoxy) is 1. The van der Waals surface area contributed by atoms with Crippen molar-refractivity contribution < 1.29 is 9.84 Å². The molecule has 0 saturated heterocycles. The summed E-state index contributed by atoms with van der Waals surface area (Å²) >= 11 is 0. The molecule has 3 nitrogen and oxygen atoms in total. The van der Waals surface area contributed by atoms with Gasteiger partial charge in [0, 0.05) is 12.1 Å². The highest BCUT2D eigenvalue weighted by Gasteiger charge is 2.05. The first-order valence-electron chi connectivity index (χ1n) is 5.90. The lowest BCUT2D eigenvalue weighted by Crippen LogP contribution is -2.04. The second-order valence-electron chi connectivity index (χ2n) is 4.22. The molecular formula is C15H17NO2.